The van der Waals surface area contributed by atoms with Gasteiger partial charge in [0.15, 0.2) is 23.5 Å². The highest BCUT2D eigenvalue weighted by Crippen LogP contribution is 2.22. The van der Waals surface area contributed by atoms with Gasteiger partial charge >= 0.3 is 17.9 Å². The molecule has 3 rings (SSSR count). The molecule has 70 heavy (non-hydrogen) atoms. The number of hydrogen-bond donors (Lipinski definition) is 22. The third-order valence-corrected chi connectivity index (χ3v) is 10.9. The zero-order valence-electron chi connectivity index (χ0n) is 38.2. The minimum atomic E-state index is -2.74. The number of hydrogen-bond acceptors (Lipinski definition) is 22. The summed E-state index contributed by atoms with van der Waals surface area (Å²) < 4.78 is 0. The number of guanidine groups is 3. The Bertz CT molecular complexity index is 1630. The number of likely N-dealkylation sites (tertiary alicyclic amines) is 3. The molecule has 3 heterocycles. The molecule has 0 radical (unpaired) electrons. The van der Waals surface area contributed by atoms with Crippen LogP contribution in [0.2, 0.25) is 0 Å². The van der Waals surface area contributed by atoms with E-state index < -0.39 is 147 Å². The van der Waals surface area contributed by atoms with Crippen LogP contribution in [-0.4, -0.2) is 324 Å². The van der Waals surface area contributed by atoms with Gasteiger partial charge in [-0.15, -0.1) is 0 Å². The molecule has 0 saturated carbocycles. The summed E-state index contributed by atoms with van der Waals surface area (Å²) in [5.41, 5.74) is 12.9. The second-order valence-electron chi connectivity index (χ2n) is 16.2. The number of carboxylic acids is 3. The fraction of sp³-hybridized carbons (Fsp3) is 0.750. The van der Waals surface area contributed by atoms with E-state index in [4.69, 9.17) is 53.9 Å². The lowest BCUT2D eigenvalue weighted by molar-refractivity contribution is -0.170. The molecule has 0 spiro atoms. The Morgan fingerprint density at radius 3 is 0.857 bits per heavy atom. The minimum Gasteiger partial charge on any atom is -0.481 e. The molecule has 12 atom stereocenters. The summed E-state index contributed by atoms with van der Waals surface area (Å²) in [6, 6.07) is -2.98. The first kappa shape index (κ1) is 64.1. The topological polar surface area (TPSA) is 595 Å². The van der Waals surface area contributed by atoms with E-state index in [0.29, 0.717) is 0 Å². The number of β-amino-alcohol motifs (C(OH)–C–C–N with tert-alkyl or cyclic N) is 3. The monoisotopic (exact) mass is 1020 g/mol. The van der Waals surface area contributed by atoms with Crippen LogP contribution >= 0.6 is 0 Å². The molecule has 0 aromatic heterocycles. The van der Waals surface area contributed by atoms with E-state index in [1.807, 2.05) is 0 Å². The Kier molecular flexibility index (Phi) is 26.3. The molecule has 3 saturated heterocycles. The highest BCUT2D eigenvalue weighted by atomic mass is 16.4. The quantitative estimate of drug-likeness (QED) is 0.0567. The van der Waals surface area contributed by atoms with Crippen LogP contribution in [-0.2, 0) is 28.8 Å². The summed E-state index contributed by atoms with van der Waals surface area (Å²) in [6.45, 7) is -2.89. The van der Waals surface area contributed by atoms with Crippen molar-refractivity contribution in [3.05, 3.63) is 0 Å². The molecular formula is C36H68N12O22. The number of aliphatic carboxylic acids is 3. The van der Waals surface area contributed by atoms with Crippen LogP contribution in [0.25, 0.3) is 0 Å². The number of nitrogens with one attached hydrogen (secondary N) is 3. The molecule has 404 valence electrons. The van der Waals surface area contributed by atoms with Crippen LogP contribution in [0, 0.1) is 16.2 Å². The Hall–Kier alpha value is -5.89. The maximum Gasteiger partial charge on any atom is 0.336 e. The summed E-state index contributed by atoms with van der Waals surface area (Å²) in [5.74, 6) is -7.45. The van der Waals surface area contributed by atoms with Crippen LogP contribution in [0.3, 0.4) is 0 Å². The van der Waals surface area contributed by atoms with Crippen LogP contribution in [0.15, 0.2) is 0 Å². The molecule has 3 amide bonds. The van der Waals surface area contributed by atoms with Gasteiger partial charge in [-0.2, -0.15) is 0 Å². The van der Waals surface area contributed by atoms with Gasteiger partial charge in [-0.25, -0.2) is 4.79 Å². The van der Waals surface area contributed by atoms with Crippen molar-refractivity contribution in [2.45, 2.75) is 91.5 Å². The SMILES string of the molecule is CN(CC(=O)N1C[C@H](O)[C@@H](O)[C@H](O)[C@H]1CO)C(=N)N.CN(CC(=O)N1C[C@H](O)[C@@H](O)[C@H](O)[C@H]1CO)C(=N)N.CN(CC(=O)N1C[C@H](O)[C@@H](O)[C@H](O)[C@H]1CO)C(=N)N.O=C(O)CC(O)(CC(=O)O)C(=O)O. The zero-order valence-corrected chi connectivity index (χ0v) is 38.2. The highest BCUT2D eigenvalue weighted by molar-refractivity contribution is 5.88. The number of aliphatic hydroxyl groups excluding tert-OH is 12. The van der Waals surface area contributed by atoms with Gasteiger partial charge in [-0.3, -0.25) is 40.2 Å². The van der Waals surface area contributed by atoms with Crippen LogP contribution in [0.4, 0.5) is 0 Å². The van der Waals surface area contributed by atoms with E-state index in [-0.39, 0.29) is 57.1 Å². The van der Waals surface area contributed by atoms with Gasteiger partial charge in [0.1, 0.15) is 54.9 Å². The Balaban J connectivity index is 0.000000916. The third-order valence-electron chi connectivity index (χ3n) is 10.9. The fourth-order valence-electron chi connectivity index (χ4n) is 6.58. The summed E-state index contributed by atoms with van der Waals surface area (Å²) in [7, 11) is 4.33. The number of carbonyl (C=O) groups is 6. The first-order chi connectivity index (χ1) is 32.1. The van der Waals surface area contributed by atoms with Gasteiger partial charge in [0.25, 0.3) is 0 Å². The highest BCUT2D eigenvalue weighted by Gasteiger charge is 2.46. The molecule has 0 aromatic rings. The van der Waals surface area contributed by atoms with Crippen molar-refractivity contribution in [1.29, 1.82) is 16.2 Å². The fourth-order valence-corrected chi connectivity index (χ4v) is 6.58. The molecule has 3 aliphatic rings. The van der Waals surface area contributed by atoms with Gasteiger partial charge in [-0.1, -0.05) is 0 Å². The Morgan fingerprint density at radius 2 is 0.700 bits per heavy atom. The van der Waals surface area contributed by atoms with E-state index in [2.05, 4.69) is 0 Å². The van der Waals surface area contributed by atoms with Gasteiger partial charge < -0.3 is 128 Å². The molecule has 0 unspecified atom stereocenters. The van der Waals surface area contributed by atoms with Crippen LogP contribution in [0.5, 0.6) is 0 Å². The van der Waals surface area contributed by atoms with Crippen LogP contribution in [0.1, 0.15) is 12.8 Å². The largest absolute Gasteiger partial charge is 0.481 e. The number of carboxylic acid groups (broad SMARTS) is 3. The molecular weight excluding hydrogens is 952 g/mol. The van der Waals surface area contributed by atoms with Crippen molar-refractivity contribution >= 4 is 53.5 Å². The maximum atomic E-state index is 12.0. The first-order valence-electron chi connectivity index (χ1n) is 20.5. The van der Waals surface area contributed by atoms with Crippen molar-refractivity contribution in [2.75, 3.05) is 80.2 Å². The summed E-state index contributed by atoms with van der Waals surface area (Å²) in [4.78, 5) is 73.3. The average molecular weight is 1020 g/mol. The van der Waals surface area contributed by atoms with Gasteiger partial charge in [0.05, 0.1) is 70.4 Å². The molecule has 0 bridgehead atoms. The molecule has 0 aliphatic carbocycles. The number of aliphatic hydroxyl groups is 13. The summed E-state index contributed by atoms with van der Waals surface area (Å²) in [5, 5.41) is 169. The number of nitrogens with two attached hydrogens (primary N) is 3. The van der Waals surface area contributed by atoms with Gasteiger partial charge in [0.2, 0.25) is 17.7 Å². The van der Waals surface area contributed by atoms with E-state index in [9.17, 15) is 90.0 Å². The van der Waals surface area contributed by atoms with Gasteiger partial charge in [0, 0.05) is 40.8 Å². The summed E-state index contributed by atoms with van der Waals surface area (Å²) in [6.07, 6.45) is -14.7. The second kappa shape index (κ2) is 28.7. The third kappa shape index (κ3) is 18.5. The number of rotatable bonds is 14. The Labute approximate surface area is 398 Å². The number of amides is 3. The second-order valence-corrected chi connectivity index (χ2v) is 16.2. The van der Waals surface area contributed by atoms with Crippen LogP contribution < -0.4 is 17.2 Å². The molecule has 25 N–H and O–H groups in total. The maximum absolute atomic E-state index is 12.0. The lowest BCUT2D eigenvalue weighted by Gasteiger charge is -2.43. The molecule has 0 aromatic carbocycles. The van der Waals surface area contributed by atoms with Crippen molar-refractivity contribution in [1.82, 2.24) is 29.4 Å². The van der Waals surface area contributed by atoms with E-state index in [1.54, 1.807) is 0 Å². The molecule has 34 nitrogen and oxygen atoms in total. The van der Waals surface area contributed by atoms with E-state index in [1.165, 1.54) is 35.8 Å². The lowest BCUT2D eigenvalue weighted by atomic mass is 9.94. The predicted molar refractivity (Wildman–Crippen MR) is 233 cm³/mol. The Morgan fingerprint density at radius 1 is 0.486 bits per heavy atom. The van der Waals surface area contributed by atoms with Crippen molar-refractivity contribution < 1.29 is 110 Å². The summed E-state index contributed by atoms with van der Waals surface area (Å²) >= 11 is 0. The number of piperidine rings is 3. The van der Waals surface area contributed by atoms with Crippen molar-refractivity contribution in [3.63, 3.8) is 0 Å². The minimum absolute atomic E-state index is 0.200. The number of likely N-dealkylation sites (N-methyl/N-ethyl adjacent to an activating group) is 3. The van der Waals surface area contributed by atoms with Crippen molar-refractivity contribution in [3.8, 4) is 0 Å². The van der Waals surface area contributed by atoms with E-state index in [0.717, 1.165) is 14.7 Å². The molecule has 3 aliphatic heterocycles. The smallest absolute Gasteiger partial charge is 0.336 e. The van der Waals surface area contributed by atoms with E-state index >= 15 is 0 Å². The lowest BCUT2D eigenvalue weighted by Crippen LogP contribution is -2.65. The molecule has 3 fully saturated rings. The van der Waals surface area contributed by atoms with Gasteiger partial charge in [-0.05, 0) is 0 Å². The number of carbonyl (C=O) groups excluding carboxylic acids is 3. The zero-order chi connectivity index (χ0) is 54.9. The standard InChI is InChI=1S/3C10H20N4O5.C6H8O7/c3*1-13(10(11)12)3-7(17)14-2-6(16)9(19)8(18)5(14)4-15;7-3(8)1-6(13,5(11)12)2-4(9)10/h3*5-6,8-9,15-16,18-19H,2-4H2,1H3,(H3,11,12);13H,1-2H2,(H,7,8)(H,9,10)(H,11,12)/t3*5-,6+,8-,9-;/m111./s1. The number of nitrogens with zero attached hydrogens (tertiary/aromatic N) is 6. The van der Waals surface area contributed by atoms with Crippen molar-refractivity contribution in [2.24, 2.45) is 17.2 Å². The normalized spacial score (nSPS) is 27.3. The predicted octanol–water partition coefficient (Wildman–Crippen LogP) is -13.0. The average Bonchev–Trinajstić information content (AvgIpc) is 3.25. The molecule has 34 heteroatoms. The first-order valence-corrected chi connectivity index (χ1v) is 20.5.